The number of benzene rings is 2. The molecular formula is C12H7Cl3O. The van der Waals surface area contributed by atoms with E-state index in [1.807, 2.05) is 30.3 Å². The van der Waals surface area contributed by atoms with Crippen molar-refractivity contribution >= 4 is 34.8 Å². The van der Waals surface area contributed by atoms with Crippen LogP contribution in [0.1, 0.15) is 0 Å². The topological polar surface area (TPSA) is 20.2 Å². The van der Waals surface area contributed by atoms with Gasteiger partial charge >= 0.3 is 0 Å². The SMILES string of the molecule is Oc1cc(Cl)c(Cl)c(Cl)c1-c1ccccc1. The molecular weight excluding hydrogens is 266 g/mol. The number of phenols is 1. The largest absolute Gasteiger partial charge is 0.507 e. The summed E-state index contributed by atoms with van der Waals surface area (Å²) in [7, 11) is 0. The summed E-state index contributed by atoms with van der Waals surface area (Å²) in [6, 6.07) is 10.7. The zero-order chi connectivity index (χ0) is 11.7. The molecule has 82 valence electrons. The Morgan fingerprint density at radius 1 is 0.875 bits per heavy atom. The fourth-order valence-electron chi connectivity index (χ4n) is 1.46. The first-order valence-corrected chi connectivity index (χ1v) is 5.66. The van der Waals surface area contributed by atoms with Crippen LogP contribution in [0.15, 0.2) is 36.4 Å². The summed E-state index contributed by atoms with van der Waals surface area (Å²) in [6.45, 7) is 0. The molecule has 0 aliphatic rings. The third-order valence-electron chi connectivity index (χ3n) is 2.20. The van der Waals surface area contributed by atoms with Gasteiger partial charge < -0.3 is 5.11 Å². The van der Waals surface area contributed by atoms with Crippen molar-refractivity contribution < 1.29 is 5.11 Å². The third-order valence-corrected chi connectivity index (χ3v) is 3.47. The van der Waals surface area contributed by atoms with Gasteiger partial charge in [-0.2, -0.15) is 0 Å². The molecule has 0 saturated carbocycles. The summed E-state index contributed by atoms with van der Waals surface area (Å²) in [6.07, 6.45) is 0. The summed E-state index contributed by atoms with van der Waals surface area (Å²) in [5.74, 6) is 0.0191. The molecule has 0 heterocycles. The molecule has 0 bridgehead atoms. The predicted molar refractivity (Wildman–Crippen MR) is 68.6 cm³/mol. The highest BCUT2D eigenvalue weighted by Crippen LogP contribution is 2.43. The van der Waals surface area contributed by atoms with Gasteiger partial charge in [0.15, 0.2) is 0 Å². The van der Waals surface area contributed by atoms with E-state index in [1.165, 1.54) is 6.07 Å². The fraction of sp³-hybridized carbons (Fsp3) is 0. The average Bonchev–Trinajstić information content (AvgIpc) is 2.28. The van der Waals surface area contributed by atoms with Gasteiger partial charge in [-0.15, -0.1) is 0 Å². The minimum Gasteiger partial charge on any atom is -0.507 e. The van der Waals surface area contributed by atoms with Crippen LogP contribution in [0.2, 0.25) is 15.1 Å². The second-order valence-corrected chi connectivity index (χ2v) is 4.41. The maximum Gasteiger partial charge on any atom is 0.126 e. The minimum absolute atomic E-state index is 0.0191. The molecule has 0 aromatic heterocycles. The number of hydrogen-bond acceptors (Lipinski definition) is 1. The third kappa shape index (κ3) is 1.99. The molecule has 0 atom stereocenters. The van der Waals surface area contributed by atoms with Crippen molar-refractivity contribution in [2.75, 3.05) is 0 Å². The van der Waals surface area contributed by atoms with Crippen LogP contribution in [0.5, 0.6) is 5.75 Å². The van der Waals surface area contributed by atoms with E-state index < -0.39 is 0 Å². The lowest BCUT2D eigenvalue weighted by Gasteiger charge is -2.10. The number of halogens is 3. The van der Waals surface area contributed by atoms with E-state index in [1.54, 1.807) is 0 Å². The molecule has 1 nitrogen and oxygen atoms in total. The van der Waals surface area contributed by atoms with Gasteiger partial charge in [-0.3, -0.25) is 0 Å². The molecule has 0 fully saturated rings. The van der Waals surface area contributed by atoms with Gasteiger partial charge in [-0.05, 0) is 5.56 Å². The second kappa shape index (κ2) is 4.54. The van der Waals surface area contributed by atoms with Crippen LogP contribution >= 0.6 is 34.8 Å². The van der Waals surface area contributed by atoms with E-state index in [9.17, 15) is 5.11 Å². The van der Waals surface area contributed by atoms with Crippen molar-refractivity contribution in [1.82, 2.24) is 0 Å². The number of hydrogen-bond donors (Lipinski definition) is 1. The van der Waals surface area contributed by atoms with Gasteiger partial charge in [-0.1, -0.05) is 65.1 Å². The Hall–Kier alpha value is -0.890. The van der Waals surface area contributed by atoms with Gasteiger partial charge in [0.1, 0.15) is 5.75 Å². The quantitative estimate of drug-likeness (QED) is 0.723. The van der Waals surface area contributed by atoms with Gasteiger partial charge in [0.25, 0.3) is 0 Å². The van der Waals surface area contributed by atoms with Crippen LogP contribution in [0.3, 0.4) is 0 Å². The molecule has 0 aliphatic heterocycles. The summed E-state index contributed by atoms with van der Waals surface area (Å²) < 4.78 is 0. The van der Waals surface area contributed by atoms with Crippen molar-refractivity contribution in [2.45, 2.75) is 0 Å². The Kier molecular flexibility index (Phi) is 3.29. The van der Waals surface area contributed by atoms with Crippen molar-refractivity contribution in [1.29, 1.82) is 0 Å². The lowest BCUT2D eigenvalue weighted by Crippen LogP contribution is -1.83. The molecule has 2 aromatic rings. The molecule has 0 radical (unpaired) electrons. The van der Waals surface area contributed by atoms with E-state index in [0.29, 0.717) is 5.56 Å². The molecule has 2 rings (SSSR count). The monoisotopic (exact) mass is 272 g/mol. The molecule has 4 heteroatoms. The van der Waals surface area contributed by atoms with Gasteiger partial charge in [0, 0.05) is 11.6 Å². The van der Waals surface area contributed by atoms with Crippen molar-refractivity contribution in [3.05, 3.63) is 51.5 Å². The Morgan fingerprint density at radius 2 is 1.50 bits per heavy atom. The molecule has 0 spiro atoms. The Balaban J connectivity index is 2.71. The maximum atomic E-state index is 9.82. The Labute approximate surface area is 108 Å². The van der Waals surface area contributed by atoms with Crippen molar-refractivity contribution in [3.63, 3.8) is 0 Å². The highest BCUT2D eigenvalue weighted by molar-refractivity contribution is 6.49. The van der Waals surface area contributed by atoms with E-state index >= 15 is 0 Å². The smallest absolute Gasteiger partial charge is 0.126 e. The summed E-state index contributed by atoms with van der Waals surface area (Å²) >= 11 is 17.8. The molecule has 1 N–H and O–H groups in total. The number of aromatic hydroxyl groups is 1. The summed E-state index contributed by atoms with van der Waals surface area (Å²) in [5.41, 5.74) is 1.29. The predicted octanol–water partition coefficient (Wildman–Crippen LogP) is 5.02. The molecule has 0 saturated heterocycles. The van der Waals surface area contributed by atoms with Crippen LogP contribution < -0.4 is 0 Å². The zero-order valence-corrected chi connectivity index (χ0v) is 10.3. The number of rotatable bonds is 1. The van der Waals surface area contributed by atoms with E-state index in [2.05, 4.69) is 0 Å². The first-order chi connectivity index (χ1) is 7.61. The van der Waals surface area contributed by atoms with Crippen molar-refractivity contribution in [3.8, 4) is 16.9 Å². The van der Waals surface area contributed by atoms with Crippen LogP contribution in [-0.2, 0) is 0 Å². The highest BCUT2D eigenvalue weighted by atomic mass is 35.5. The van der Waals surface area contributed by atoms with Gasteiger partial charge in [0.2, 0.25) is 0 Å². The van der Waals surface area contributed by atoms with Gasteiger partial charge in [0.05, 0.1) is 15.1 Å². The highest BCUT2D eigenvalue weighted by Gasteiger charge is 2.15. The Morgan fingerprint density at radius 3 is 2.12 bits per heavy atom. The molecule has 16 heavy (non-hydrogen) atoms. The molecule has 0 unspecified atom stereocenters. The Bertz CT molecular complexity index is 524. The second-order valence-electron chi connectivity index (χ2n) is 3.25. The fourth-order valence-corrected chi connectivity index (χ4v) is 2.16. The maximum absolute atomic E-state index is 9.82. The van der Waals surface area contributed by atoms with E-state index in [4.69, 9.17) is 34.8 Å². The first-order valence-electron chi connectivity index (χ1n) is 4.53. The van der Waals surface area contributed by atoms with E-state index in [-0.39, 0.29) is 20.8 Å². The van der Waals surface area contributed by atoms with Gasteiger partial charge in [-0.25, -0.2) is 0 Å². The van der Waals surface area contributed by atoms with Crippen LogP contribution in [0.25, 0.3) is 11.1 Å². The normalized spacial score (nSPS) is 10.4. The van der Waals surface area contributed by atoms with Crippen LogP contribution in [0, 0.1) is 0 Å². The average molecular weight is 274 g/mol. The lowest BCUT2D eigenvalue weighted by molar-refractivity contribution is 0.477. The zero-order valence-electron chi connectivity index (χ0n) is 8.05. The van der Waals surface area contributed by atoms with Crippen LogP contribution in [-0.4, -0.2) is 5.11 Å². The molecule has 2 aromatic carbocycles. The van der Waals surface area contributed by atoms with Crippen molar-refractivity contribution in [2.24, 2.45) is 0 Å². The van der Waals surface area contributed by atoms with Crippen LogP contribution in [0.4, 0.5) is 0 Å². The summed E-state index contributed by atoms with van der Waals surface area (Å²) in [5, 5.41) is 10.6. The van der Waals surface area contributed by atoms with E-state index in [0.717, 1.165) is 5.56 Å². The molecule has 0 amide bonds. The lowest BCUT2D eigenvalue weighted by atomic mass is 10.0. The summed E-state index contributed by atoms with van der Waals surface area (Å²) in [4.78, 5) is 0. The standard InChI is InChI=1S/C12H7Cl3O/c13-8-6-9(16)10(12(15)11(8)14)7-4-2-1-3-5-7/h1-6,16H. The number of phenolic OH excluding ortho intramolecular Hbond substituents is 1. The first kappa shape index (κ1) is 11.6. The minimum atomic E-state index is 0.0191. The molecule has 0 aliphatic carbocycles.